The summed E-state index contributed by atoms with van der Waals surface area (Å²) in [5.41, 5.74) is 0. The number of carboxylic acids is 1. The standard InChI is InChI=1S/C84H133NO8/c1-6-8-10-12-14-16-18-20-22-24-26-28-30-32-34-36-37-38-39-40-41-42-43-44-45-47-48-50-52-54-56-58-60-62-64-66-68-70-72-74-81(86)91-78-80(79-92-84(83(88)89)90-77-76-85(3,4)5)93-82(87)75-73-71-69-67-65-63-61-59-57-55-53-51-49-46-35-33-31-29-27-25-23-21-19-17-15-13-11-9-7-2/h8-11,14-17,20-23,26-29,32-35,37-38,40-41,49,51,55,57,61,63,67,69,80,84H,6-7,12-13,18-19,24-25,30-31,36,39,42-48,50,52-54,56,58-60,62,64-66,68,70-79H2,1-5H3/p+1/b10-8-,11-9-,16-14-,17-15-,22-20-,23-21-,28-26-,29-27-,34-32-,35-33-,38-37-,41-40-,51-49-,57-55-,63-61-,69-67-. The number of allylic oxidation sites excluding steroid dienone is 32. The number of esters is 2. The van der Waals surface area contributed by atoms with Crippen molar-refractivity contribution in [3.8, 4) is 0 Å². The molecule has 0 spiro atoms. The van der Waals surface area contributed by atoms with Crippen LogP contribution in [0.25, 0.3) is 0 Å². The van der Waals surface area contributed by atoms with Gasteiger partial charge >= 0.3 is 17.9 Å². The highest BCUT2D eigenvalue weighted by Gasteiger charge is 2.25. The maximum Gasteiger partial charge on any atom is 0.361 e. The van der Waals surface area contributed by atoms with E-state index in [1.165, 1.54) is 96.3 Å². The number of rotatable bonds is 65. The third-order valence-electron chi connectivity index (χ3n) is 14.8. The Morgan fingerprint density at radius 1 is 0.323 bits per heavy atom. The molecule has 0 aromatic carbocycles. The van der Waals surface area contributed by atoms with Crippen molar-refractivity contribution in [3.63, 3.8) is 0 Å². The topological polar surface area (TPSA) is 108 Å². The maximum atomic E-state index is 12.9. The first-order chi connectivity index (χ1) is 45.6. The third-order valence-corrected chi connectivity index (χ3v) is 14.8. The van der Waals surface area contributed by atoms with E-state index in [1.54, 1.807) is 0 Å². The van der Waals surface area contributed by atoms with Crippen LogP contribution in [0.15, 0.2) is 194 Å². The summed E-state index contributed by atoms with van der Waals surface area (Å²) in [7, 11) is 5.95. The monoisotopic (exact) mass is 1290 g/mol. The van der Waals surface area contributed by atoms with Crippen molar-refractivity contribution in [2.45, 2.75) is 270 Å². The Bertz CT molecular complexity index is 2230. The van der Waals surface area contributed by atoms with Crippen LogP contribution < -0.4 is 0 Å². The number of likely N-dealkylation sites (N-methyl/N-ethyl adjacent to an activating group) is 1. The van der Waals surface area contributed by atoms with Gasteiger partial charge in [0.25, 0.3) is 6.29 Å². The zero-order valence-corrected chi connectivity index (χ0v) is 59.6. The van der Waals surface area contributed by atoms with E-state index in [4.69, 9.17) is 18.9 Å². The molecule has 0 rings (SSSR count). The molecule has 0 aliphatic carbocycles. The number of ether oxygens (including phenoxy) is 4. The summed E-state index contributed by atoms with van der Waals surface area (Å²) in [6.45, 7) is 4.57. The van der Waals surface area contributed by atoms with Crippen molar-refractivity contribution in [2.75, 3.05) is 47.5 Å². The highest BCUT2D eigenvalue weighted by Crippen LogP contribution is 2.16. The van der Waals surface area contributed by atoms with Crippen LogP contribution in [0, 0.1) is 0 Å². The molecule has 0 saturated heterocycles. The minimum Gasteiger partial charge on any atom is -0.477 e. The van der Waals surface area contributed by atoms with Gasteiger partial charge in [-0.15, -0.1) is 0 Å². The SMILES string of the molecule is CC/C=C\C/C=C\C/C=C\C/C=C\C/C=C\C/C=C\C/C=C\C/C=C\C/C=C\CCCC(=O)OC(COC(=O)CCCCCCCCCCCCCCCCCCC/C=C\C/C=C\C/C=C\C/C=C\C/C=C\C/C=C\C/C=C\CC)COC(OCC[N+](C)(C)C)C(=O)O. The van der Waals surface area contributed by atoms with Crippen LogP contribution in [0.4, 0.5) is 0 Å². The van der Waals surface area contributed by atoms with Crippen LogP contribution in [-0.2, 0) is 33.3 Å². The Kier molecular flexibility index (Phi) is 67.4. The van der Waals surface area contributed by atoms with E-state index in [9.17, 15) is 19.5 Å². The van der Waals surface area contributed by atoms with Gasteiger partial charge < -0.3 is 28.5 Å². The molecule has 0 aromatic rings. The third kappa shape index (κ3) is 73.4. The summed E-state index contributed by atoms with van der Waals surface area (Å²) in [6, 6.07) is 0. The quantitative estimate of drug-likeness (QED) is 0.0211. The van der Waals surface area contributed by atoms with E-state index >= 15 is 0 Å². The van der Waals surface area contributed by atoms with E-state index in [2.05, 4.69) is 208 Å². The van der Waals surface area contributed by atoms with Gasteiger partial charge in [0.05, 0.1) is 34.4 Å². The average molecular weight is 1290 g/mol. The van der Waals surface area contributed by atoms with E-state index in [-0.39, 0.29) is 38.6 Å². The molecule has 0 bridgehead atoms. The smallest absolute Gasteiger partial charge is 0.361 e. The fraction of sp³-hybridized carbons (Fsp3) is 0.583. The van der Waals surface area contributed by atoms with Gasteiger partial charge in [0.2, 0.25) is 0 Å². The summed E-state index contributed by atoms with van der Waals surface area (Å²) in [4.78, 5) is 37.6. The number of hydrogen-bond donors (Lipinski definition) is 1. The second-order valence-electron chi connectivity index (χ2n) is 24.8. The number of carbonyl (C=O) groups excluding carboxylic acids is 2. The van der Waals surface area contributed by atoms with Crippen molar-refractivity contribution in [1.29, 1.82) is 0 Å². The molecular weight excluding hydrogens is 1150 g/mol. The lowest BCUT2D eigenvalue weighted by molar-refractivity contribution is -0.870. The van der Waals surface area contributed by atoms with Crippen molar-refractivity contribution < 1.29 is 42.9 Å². The molecule has 9 heteroatoms. The van der Waals surface area contributed by atoms with Crippen molar-refractivity contribution in [1.82, 2.24) is 0 Å². The van der Waals surface area contributed by atoms with Crippen LogP contribution in [0.2, 0.25) is 0 Å². The van der Waals surface area contributed by atoms with Crippen LogP contribution in [-0.4, -0.2) is 87.4 Å². The Morgan fingerprint density at radius 3 is 0.892 bits per heavy atom. The van der Waals surface area contributed by atoms with E-state index < -0.39 is 24.3 Å². The van der Waals surface area contributed by atoms with Crippen molar-refractivity contribution in [3.05, 3.63) is 194 Å². The predicted octanol–water partition coefficient (Wildman–Crippen LogP) is 23.4. The number of aliphatic carboxylic acids is 1. The molecule has 0 aliphatic rings. The molecular formula is C84H134NO8+. The fourth-order valence-electron chi connectivity index (χ4n) is 9.35. The molecule has 1 N–H and O–H groups in total. The van der Waals surface area contributed by atoms with E-state index in [0.717, 1.165) is 122 Å². The molecule has 0 heterocycles. The number of unbranched alkanes of at least 4 members (excludes halogenated alkanes) is 18. The van der Waals surface area contributed by atoms with Crippen molar-refractivity contribution in [2.24, 2.45) is 0 Å². The lowest BCUT2D eigenvalue weighted by atomic mass is 10.0. The molecule has 0 aliphatic heterocycles. The number of carboxylic acid groups (broad SMARTS) is 1. The zero-order chi connectivity index (χ0) is 67.5. The molecule has 522 valence electrons. The lowest BCUT2D eigenvalue weighted by Crippen LogP contribution is -2.40. The van der Waals surface area contributed by atoms with Crippen molar-refractivity contribution >= 4 is 17.9 Å². The lowest BCUT2D eigenvalue weighted by Gasteiger charge is -2.25. The summed E-state index contributed by atoms with van der Waals surface area (Å²) >= 11 is 0. The normalized spacial score (nSPS) is 13.9. The molecule has 0 amide bonds. The van der Waals surface area contributed by atoms with Gasteiger partial charge in [-0.2, -0.15) is 0 Å². The largest absolute Gasteiger partial charge is 0.477 e. The number of nitrogens with zero attached hydrogens (tertiary/aromatic N) is 1. The first-order valence-electron chi connectivity index (χ1n) is 36.6. The van der Waals surface area contributed by atoms with E-state index in [0.29, 0.717) is 23.9 Å². The first-order valence-corrected chi connectivity index (χ1v) is 36.6. The Balaban J connectivity index is 4.19. The highest BCUT2D eigenvalue weighted by atomic mass is 16.7. The van der Waals surface area contributed by atoms with Gasteiger partial charge in [0, 0.05) is 12.8 Å². The van der Waals surface area contributed by atoms with Gasteiger partial charge in [-0.25, -0.2) is 4.79 Å². The summed E-state index contributed by atoms with van der Waals surface area (Å²) in [6.07, 6.45) is 108. The molecule has 0 radical (unpaired) electrons. The average Bonchev–Trinajstić information content (AvgIpc) is 3.74. The molecule has 2 unspecified atom stereocenters. The summed E-state index contributed by atoms with van der Waals surface area (Å²) < 4.78 is 22.9. The Morgan fingerprint density at radius 2 is 0.591 bits per heavy atom. The minimum absolute atomic E-state index is 0.167. The Labute approximate surface area is 570 Å². The second kappa shape index (κ2) is 72.0. The zero-order valence-electron chi connectivity index (χ0n) is 59.6. The van der Waals surface area contributed by atoms with E-state index in [1.807, 2.05) is 21.1 Å². The first kappa shape index (κ1) is 87.1. The molecule has 0 fully saturated rings. The molecule has 0 aromatic heterocycles. The molecule has 2 atom stereocenters. The number of hydrogen-bond acceptors (Lipinski definition) is 7. The van der Waals surface area contributed by atoms with Gasteiger partial charge in [-0.3, -0.25) is 9.59 Å². The van der Waals surface area contributed by atoms with Crippen LogP contribution in [0.3, 0.4) is 0 Å². The number of quaternary nitrogens is 1. The van der Waals surface area contributed by atoms with Gasteiger partial charge in [-0.05, 0) is 135 Å². The second-order valence-corrected chi connectivity index (χ2v) is 24.8. The van der Waals surface area contributed by atoms with Gasteiger partial charge in [0.1, 0.15) is 13.2 Å². The summed E-state index contributed by atoms with van der Waals surface area (Å²) in [5.74, 6) is -2.10. The maximum absolute atomic E-state index is 12.9. The van der Waals surface area contributed by atoms with Crippen LogP contribution in [0.1, 0.15) is 258 Å². The molecule has 93 heavy (non-hydrogen) atoms. The summed E-state index contributed by atoms with van der Waals surface area (Å²) in [5, 5.41) is 9.75. The molecule has 9 nitrogen and oxygen atoms in total. The van der Waals surface area contributed by atoms with Gasteiger partial charge in [0.15, 0.2) is 6.10 Å². The van der Waals surface area contributed by atoms with Crippen LogP contribution >= 0.6 is 0 Å². The Hall–Kier alpha value is -5.87. The van der Waals surface area contributed by atoms with Gasteiger partial charge in [-0.1, -0.05) is 305 Å². The fourth-order valence-corrected chi connectivity index (χ4v) is 9.35. The number of carbonyl (C=O) groups is 3. The molecule has 0 saturated carbocycles. The minimum atomic E-state index is -1.54. The highest BCUT2D eigenvalue weighted by molar-refractivity contribution is 5.71. The predicted molar refractivity (Wildman–Crippen MR) is 400 cm³/mol. The van der Waals surface area contributed by atoms with Crippen LogP contribution in [0.5, 0.6) is 0 Å².